The van der Waals surface area contributed by atoms with E-state index in [0.29, 0.717) is 0 Å². The Bertz CT molecular complexity index is 743. The topological polar surface area (TPSA) is 82.9 Å². The van der Waals surface area contributed by atoms with Crippen molar-refractivity contribution in [3.05, 3.63) is 45.9 Å². The number of rotatable bonds is 4. The highest BCUT2D eigenvalue weighted by Crippen LogP contribution is 2.23. The molecule has 0 amide bonds. The van der Waals surface area contributed by atoms with E-state index in [2.05, 4.69) is 9.71 Å². The molecule has 0 bridgehead atoms. The summed E-state index contributed by atoms with van der Waals surface area (Å²) >= 11 is 1.55. The van der Waals surface area contributed by atoms with Gasteiger partial charge in [0, 0.05) is 16.0 Å². The van der Waals surface area contributed by atoms with Crippen LogP contribution in [0.5, 0.6) is 0 Å². The lowest BCUT2D eigenvalue weighted by molar-refractivity contribution is 0.568. The van der Waals surface area contributed by atoms with E-state index < -0.39 is 10.0 Å². The van der Waals surface area contributed by atoms with Crippen LogP contribution in [-0.2, 0) is 10.0 Å². The van der Waals surface area contributed by atoms with E-state index in [4.69, 9.17) is 5.26 Å². The summed E-state index contributed by atoms with van der Waals surface area (Å²) in [5, 5.41) is 8.65. The Balaban J connectivity index is 2.20. The highest BCUT2D eigenvalue weighted by molar-refractivity contribution is 7.89. The number of hydrogen-bond donors (Lipinski definition) is 1. The van der Waals surface area contributed by atoms with Crippen LogP contribution in [0.3, 0.4) is 0 Å². The monoisotopic (exact) mass is 307 g/mol. The number of nitrogens with one attached hydrogen (secondary N) is 1. The van der Waals surface area contributed by atoms with Crippen molar-refractivity contribution in [2.24, 2.45) is 0 Å². The summed E-state index contributed by atoms with van der Waals surface area (Å²) in [6.07, 6.45) is 1.19. The summed E-state index contributed by atoms with van der Waals surface area (Å²) in [5.41, 5.74) is 0.186. The zero-order valence-corrected chi connectivity index (χ0v) is 12.6. The van der Waals surface area contributed by atoms with Crippen molar-refractivity contribution in [3.63, 3.8) is 0 Å². The molecule has 0 saturated heterocycles. The minimum Gasteiger partial charge on any atom is -0.244 e. The van der Waals surface area contributed by atoms with Gasteiger partial charge in [0.05, 0.1) is 6.04 Å². The molecule has 2 aromatic rings. The summed E-state index contributed by atoms with van der Waals surface area (Å²) in [6, 6.07) is 8.16. The largest absolute Gasteiger partial charge is 0.244 e. The van der Waals surface area contributed by atoms with Gasteiger partial charge >= 0.3 is 0 Å². The number of sulfonamides is 1. The van der Waals surface area contributed by atoms with Gasteiger partial charge in [-0.15, -0.1) is 11.3 Å². The standard InChI is InChI=1S/C13H13N3O2S2/c1-9-3-6-13(19-9)10(2)16-20(17,18)12-5-4-11(7-14)15-8-12/h3-6,8,10,16H,1-2H3. The van der Waals surface area contributed by atoms with Crippen LogP contribution in [0.1, 0.15) is 28.4 Å². The third kappa shape index (κ3) is 3.22. The molecule has 0 radical (unpaired) electrons. The second-order valence-corrected chi connectivity index (χ2v) is 7.32. The second kappa shape index (κ2) is 5.71. The Labute approximate surface area is 122 Å². The first-order chi connectivity index (χ1) is 9.42. The molecule has 1 unspecified atom stereocenters. The molecular weight excluding hydrogens is 294 g/mol. The lowest BCUT2D eigenvalue weighted by atomic mass is 10.3. The van der Waals surface area contributed by atoms with E-state index in [0.717, 1.165) is 9.75 Å². The second-order valence-electron chi connectivity index (χ2n) is 4.28. The van der Waals surface area contributed by atoms with Crippen LogP contribution in [0, 0.1) is 18.3 Å². The van der Waals surface area contributed by atoms with Crippen molar-refractivity contribution in [1.29, 1.82) is 5.26 Å². The molecular formula is C13H13N3O2S2. The summed E-state index contributed by atoms with van der Waals surface area (Å²) in [4.78, 5) is 5.90. The Hall–Kier alpha value is -1.75. The first-order valence-electron chi connectivity index (χ1n) is 5.87. The Kier molecular flexibility index (Phi) is 4.18. The number of aryl methyl sites for hydroxylation is 1. The molecule has 2 aromatic heterocycles. The summed E-state index contributed by atoms with van der Waals surface area (Å²) in [6.45, 7) is 3.76. The van der Waals surface area contributed by atoms with Gasteiger partial charge in [-0.05, 0) is 38.1 Å². The van der Waals surface area contributed by atoms with Crippen molar-refractivity contribution in [3.8, 4) is 6.07 Å². The Morgan fingerprint density at radius 2 is 2.10 bits per heavy atom. The lowest BCUT2D eigenvalue weighted by Crippen LogP contribution is -2.26. The van der Waals surface area contributed by atoms with Crippen LogP contribution >= 0.6 is 11.3 Å². The molecule has 0 aliphatic carbocycles. The quantitative estimate of drug-likeness (QED) is 0.940. The Morgan fingerprint density at radius 3 is 2.60 bits per heavy atom. The molecule has 5 nitrogen and oxygen atoms in total. The van der Waals surface area contributed by atoms with Crippen molar-refractivity contribution >= 4 is 21.4 Å². The molecule has 7 heteroatoms. The molecule has 20 heavy (non-hydrogen) atoms. The summed E-state index contributed by atoms with van der Waals surface area (Å²) < 4.78 is 27.0. The first kappa shape index (κ1) is 14.7. The van der Waals surface area contributed by atoms with Crippen LogP contribution in [-0.4, -0.2) is 13.4 Å². The number of pyridine rings is 1. The predicted molar refractivity (Wildman–Crippen MR) is 76.7 cm³/mol. The maximum Gasteiger partial charge on any atom is 0.242 e. The molecule has 0 aliphatic heterocycles. The number of thiophene rings is 1. The van der Waals surface area contributed by atoms with Crippen LogP contribution < -0.4 is 4.72 Å². The smallest absolute Gasteiger partial charge is 0.242 e. The van der Waals surface area contributed by atoms with Gasteiger partial charge < -0.3 is 0 Å². The predicted octanol–water partition coefficient (Wildman–Crippen LogP) is 2.36. The van der Waals surface area contributed by atoms with E-state index >= 15 is 0 Å². The van der Waals surface area contributed by atoms with E-state index in [1.807, 2.05) is 25.1 Å². The average Bonchev–Trinajstić information content (AvgIpc) is 2.85. The van der Waals surface area contributed by atoms with Gasteiger partial charge in [-0.1, -0.05) is 0 Å². The molecule has 0 saturated carbocycles. The fourth-order valence-corrected chi connectivity index (χ4v) is 3.77. The highest BCUT2D eigenvalue weighted by Gasteiger charge is 2.19. The van der Waals surface area contributed by atoms with Gasteiger partial charge in [0.15, 0.2) is 0 Å². The number of nitriles is 1. The minimum atomic E-state index is -3.64. The van der Waals surface area contributed by atoms with Gasteiger partial charge in [0.25, 0.3) is 0 Å². The molecule has 0 aliphatic rings. The maximum absolute atomic E-state index is 12.2. The number of nitrogens with zero attached hydrogens (tertiary/aromatic N) is 2. The highest BCUT2D eigenvalue weighted by atomic mass is 32.2. The third-order valence-electron chi connectivity index (χ3n) is 2.68. The fourth-order valence-electron chi connectivity index (χ4n) is 1.65. The first-order valence-corrected chi connectivity index (χ1v) is 8.17. The van der Waals surface area contributed by atoms with Crippen LogP contribution in [0.2, 0.25) is 0 Å². The molecule has 104 valence electrons. The van der Waals surface area contributed by atoms with Crippen LogP contribution in [0.15, 0.2) is 35.4 Å². The van der Waals surface area contributed by atoms with Crippen molar-refractivity contribution in [2.45, 2.75) is 24.8 Å². The molecule has 2 heterocycles. The minimum absolute atomic E-state index is 0.0524. The summed E-state index contributed by atoms with van der Waals surface area (Å²) in [7, 11) is -3.64. The molecule has 0 spiro atoms. The van der Waals surface area contributed by atoms with E-state index in [1.54, 1.807) is 18.3 Å². The SMILES string of the molecule is Cc1ccc(C(C)NS(=O)(=O)c2ccc(C#N)nc2)s1. The number of aromatic nitrogens is 1. The van der Waals surface area contributed by atoms with E-state index in [9.17, 15) is 8.42 Å². The Morgan fingerprint density at radius 1 is 1.35 bits per heavy atom. The van der Waals surface area contributed by atoms with Crippen LogP contribution in [0.4, 0.5) is 0 Å². The molecule has 0 fully saturated rings. The van der Waals surface area contributed by atoms with Gasteiger partial charge in [0.2, 0.25) is 10.0 Å². The van der Waals surface area contributed by atoms with Gasteiger partial charge in [-0.2, -0.15) is 5.26 Å². The zero-order valence-electron chi connectivity index (χ0n) is 11.0. The van der Waals surface area contributed by atoms with Crippen LogP contribution in [0.25, 0.3) is 0 Å². The zero-order chi connectivity index (χ0) is 14.8. The fraction of sp³-hybridized carbons (Fsp3) is 0.231. The summed E-state index contributed by atoms with van der Waals surface area (Å²) in [5.74, 6) is 0. The van der Waals surface area contributed by atoms with E-state index in [-0.39, 0.29) is 16.6 Å². The normalized spacial score (nSPS) is 12.8. The van der Waals surface area contributed by atoms with Gasteiger partial charge in [-0.25, -0.2) is 18.1 Å². The molecule has 0 aromatic carbocycles. The maximum atomic E-state index is 12.2. The van der Waals surface area contributed by atoms with Gasteiger partial charge in [0.1, 0.15) is 16.7 Å². The molecule has 1 N–H and O–H groups in total. The van der Waals surface area contributed by atoms with Gasteiger partial charge in [-0.3, -0.25) is 0 Å². The molecule has 1 atom stereocenters. The van der Waals surface area contributed by atoms with Crippen molar-refractivity contribution in [2.75, 3.05) is 0 Å². The average molecular weight is 307 g/mol. The third-order valence-corrected chi connectivity index (χ3v) is 5.39. The molecule has 2 rings (SSSR count). The number of hydrogen-bond acceptors (Lipinski definition) is 5. The van der Waals surface area contributed by atoms with Crippen molar-refractivity contribution in [1.82, 2.24) is 9.71 Å². The van der Waals surface area contributed by atoms with E-state index in [1.165, 1.54) is 18.3 Å². The lowest BCUT2D eigenvalue weighted by Gasteiger charge is -2.12. The van der Waals surface area contributed by atoms with Crippen molar-refractivity contribution < 1.29 is 8.42 Å².